The van der Waals surface area contributed by atoms with Crippen molar-refractivity contribution in [1.82, 2.24) is 4.90 Å². The van der Waals surface area contributed by atoms with E-state index in [9.17, 15) is 9.90 Å². The van der Waals surface area contributed by atoms with E-state index in [1.807, 2.05) is 24.3 Å². The van der Waals surface area contributed by atoms with Gasteiger partial charge in [0.15, 0.2) is 0 Å². The second-order valence-corrected chi connectivity index (χ2v) is 4.32. The number of para-hydroxylation sites is 1. The van der Waals surface area contributed by atoms with Gasteiger partial charge in [-0.25, -0.2) is 0 Å². The third-order valence-corrected chi connectivity index (χ3v) is 3.06. The van der Waals surface area contributed by atoms with Gasteiger partial charge in [-0.05, 0) is 25.7 Å². The zero-order valence-corrected chi connectivity index (χ0v) is 9.47. The number of likely N-dealkylation sites (N-methyl/N-ethyl adjacent to an activating group) is 1. The maximum atomic E-state index is 11.3. The summed E-state index contributed by atoms with van der Waals surface area (Å²) in [5.74, 6) is -0.753. The molecule has 4 heteroatoms. The number of carboxylic acid groups (broad SMARTS) is 1. The van der Waals surface area contributed by atoms with Crippen molar-refractivity contribution in [3.05, 3.63) is 29.8 Å². The van der Waals surface area contributed by atoms with Crippen LogP contribution in [-0.4, -0.2) is 42.7 Å². The van der Waals surface area contributed by atoms with Gasteiger partial charge >= 0.3 is 5.97 Å². The third-order valence-electron chi connectivity index (χ3n) is 3.06. The molecule has 2 N–H and O–H groups in total. The molecule has 1 aliphatic heterocycles. The molecule has 2 rings (SSSR count). The summed E-state index contributed by atoms with van der Waals surface area (Å²) < 4.78 is 0. The van der Waals surface area contributed by atoms with Gasteiger partial charge in [-0.2, -0.15) is 0 Å². The highest BCUT2D eigenvalue weighted by molar-refractivity contribution is 5.77. The predicted octanol–water partition coefficient (Wildman–Crippen LogP) is 1.21. The molecule has 0 spiro atoms. The van der Waals surface area contributed by atoms with Crippen LogP contribution in [0.3, 0.4) is 0 Å². The highest BCUT2D eigenvalue weighted by Crippen LogP contribution is 2.34. The molecule has 1 aromatic carbocycles. The number of nitrogens with one attached hydrogen (secondary N) is 1. The molecule has 4 nitrogen and oxygen atoms in total. The Balaban J connectivity index is 2.33. The van der Waals surface area contributed by atoms with Crippen molar-refractivity contribution >= 4 is 11.7 Å². The number of carboxylic acids is 1. The summed E-state index contributed by atoms with van der Waals surface area (Å²) in [6.45, 7) is 0.689. The van der Waals surface area contributed by atoms with Crippen molar-refractivity contribution in [3.8, 4) is 0 Å². The largest absolute Gasteiger partial charge is 0.480 e. The minimum atomic E-state index is -0.770. The molecule has 0 radical (unpaired) electrons. The normalized spacial score (nSPS) is 20.3. The van der Waals surface area contributed by atoms with E-state index in [0.29, 0.717) is 6.54 Å². The molecule has 0 fully saturated rings. The zero-order valence-electron chi connectivity index (χ0n) is 9.47. The van der Waals surface area contributed by atoms with Gasteiger partial charge in [0.2, 0.25) is 0 Å². The number of hydrogen-bond acceptors (Lipinski definition) is 3. The van der Waals surface area contributed by atoms with E-state index in [1.165, 1.54) is 0 Å². The lowest BCUT2D eigenvalue weighted by Crippen LogP contribution is -2.41. The van der Waals surface area contributed by atoms with E-state index in [1.54, 1.807) is 19.0 Å². The molecule has 0 saturated carbocycles. The predicted molar refractivity (Wildman–Crippen MR) is 62.8 cm³/mol. The maximum absolute atomic E-state index is 11.3. The summed E-state index contributed by atoms with van der Waals surface area (Å²) >= 11 is 0. The van der Waals surface area contributed by atoms with Gasteiger partial charge < -0.3 is 10.4 Å². The van der Waals surface area contributed by atoms with Crippen molar-refractivity contribution < 1.29 is 9.90 Å². The minimum absolute atomic E-state index is 0.0173. The standard InChI is InChI=1S/C12H16N2O2/c1-14(2)11(12(15)16)9-7-13-10-6-4-3-5-8(9)10/h3-6,9,11,13H,7H2,1-2H3,(H,15,16). The Kier molecular flexibility index (Phi) is 2.83. The lowest BCUT2D eigenvalue weighted by atomic mass is 9.92. The summed E-state index contributed by atoms with van der Waals surface area (Å²) in [4.78, 5) is 13.0. The first-order valence-corrected chi connectivity index (χ1v) is 5.33. The van der Waals surface area contributed by atoms with E-state index >= 15 is 0 Å². The molecule has 2 unspecified atom stereocenters. The maximum Gasteiger partial charge on any atom is 0.321 e. The molecular formula is C12H16N2O2. The van der Waals surface area contributed by atoms with Crippen LogP contribution in [0.25, 0.3) is 0 Å². The van der Waals surface area contributed by atoms with Crippen molar-refractivity contribution in [3.63, 3.8) is 0 Å². The summed E-state index contributed by atoms with van der Waals surface area (Å²) in [5, 5.41) is 12.5. The van der Waals surface area contributed by atoms with Gasteiger partial charge in [-0.3, -0.25) is 9.69 Å². The van der Waals surface area contributed by atoms with Gasteiger partial charge in [0.05, 0.1) is 0 Å². The number of carbonyl (C=O) groups is 1. The van der Waals surface area contributed by atoms with Gasteiger partial charge in [-0.15, -0.1) is 0 Å². The average Bonchev–Trinajstić information content (AvgIpc) is 2.61. The Bertz CT molecular complexity index is 404. The van der Waals surface area contributed by atoms with Crippen LogP contribution in [0.4, 0.5) is 5.69 Å². The van der Waals surface area contributed by atoms with Gasteiger partial charge in [0.25, 0.3) is 0 Å². The molecule has 86 valence electrons. The first-order valence-electron chi connectivity index (χ1n) is 5.33. The Hall–Kier alpha value is -1.55. The van der Waals surface area contributed by atoms with Crippen molar-refractivity contribution in [1.29, 1.82) is 0 Å². The highest BCUT2D eigenvalue weighted by atomic mass is 16.4. The van der Waals surface area contributed by atoms with E-state index in [4.69, 9.17) is 0 Å². The van der Waals surface area contributed by atoms with Crippen molar-refractivity contribution in [2.24, 2.45) is 0 Å². The average molecular weight is 220 g/mol. The van der Waals surface area contributed by atoms with Gasteiger partial charge in [0.1, 0.15) is 6.04 Å². The number of fused-ring (bicyclic) bond motifs is 1. The Morgan fingerprint density at radius 3 is 2.81 bits per heavy atom. The molecule has 0 aromatic heterocycles. The van der Waals surface area contributed by atoms with Crippen molar-refractivity contribution in [2.75, 3.05) is 26.0 Å². The monoisotopic (exact) mass is 220 g/mol. The molecular weight excluding hydrogens is 204 g/mol. The van der Waals surface area contributed by atoms with Gasteiger partial charge in [-0.1, -0.05) is 18.2 Å². The zero-order chi connectivity index (χ0) is 11.7. The highest BCUT2D eigenvalue weighted by Gasteiger charge is 2.35. The molecule has 0 saturated heterocycles. The summed E-state index contributed by atoms with van der Waals surface area (Å²) in [7, 11) is 3.61. The van der Waals surface area contributed by atoms with Crippen LogP contribution in [0.2, 0.25) is 0 Å². The quantitative estimate of drug-likeness (QED) is 0.804. The minimum Gasteiger partial charge on any atom is -0.480 e. The molecule has 1 aliphatic rings. The molecule has 2 atom stereocenters. The molecule has 16 heavy (non-hydrogen) atoms. The Morgan fingerprint density at radius 2 is 2.19 bits per heavy atom. The number of hydrogen-bond donors (Lipinski definition) is 2. The summed E-state index contributed by atoms with van der Waals surface area (Å²) in [6.07, 6.45) is 0. The number of benzene rings is 1. The van der Waals surface area contributed by atoms with E-state index in [0.717, 1.165) is 11.3 Å². The molecule has 1 heterocycles. The lowest BCUT2D eigenvalue weighted by molar-refractivity contribution is -0.143. The fourth-order valence-electron chi connectivity index (χ4n) is 2.35. The van der Waals surface area contributed by atoms with Crippen LogP contribution >= 0.6 is 0 Å². The van der Waals surface area contributed by atoms with Crippen LogP contribution in [0.5, 0.6) is 0 Å². The first-order chi connectivity index (χ1) is 7.61. The number of rotatable bonds is 3. The molecule has 0 aliphatic carbocycles. The summed E-state index contributed by atoms with van der Waals surface area (Å²) in [5.41, 5.74) is 2.16. The smallest absolute Gasteiger partial charge is 0.321 e. The molecule has 0 amide bonds. The van der Waals surface area contributed by atoms with Crippen LogP contribution in [0, 0.1) is 0 Å². The Morgan fingerprint density at radius 1 is 1.50 bits per heavy atom. The van der Waals surface area contributed by atoms with E-state index < -0.39 is 12.0 Å². The van der Waals surface area contributed by atoms with E-state index in [-0.39, 0.29) is 5.92 Å². The third kappa shape index (κ3) is 1.76. The Labute approximate surface area is 94.9 Å². The van der Waals surface area contributed by atoms with Crippen molar-refractivity contribution in [2.45, 2.75) is 12.0 Å². The number of nitrogens with zero attached hydrogens (tertiary/aromatic N) is 1. The fraction of sp³-hybridized carbons (Fsp3) is 0.417. The fourth-order valence-corrected chi connectivity index (χ4v) is 2.35. The van der Waals surface area contributed by atoms with Crippen LogP contribution in [0.1, 0.15) is 11.5 Å². The first kappa shape index (κ1) is 11.0. The van der Waals surface area contributed by atoms with Crippen LogP contribution in [-0.2, 0) is 4.79 Å². The number of anilines is 1. The second kappa shape index (κ2) is 4.14. The summed E-state index contributed by atoms with van der Waals surface area (Å²) in [6, 6.07) is 7.42. The molecule has 0 bridgehead atoms. The van der Waals surface area contributed by atoms with Crippen LogP contribution in [0.15, 0.2) is 24.3 Å². The topological polar surface area (TPSA) is 52.6 Å². The lowest BCUT2D eigenvalue weighted by Gasteiger charge is -2.25. The van der Waals surface area contributed by atoms with Crippen LogP contribution < -0.4 is 5.32 Å². The van der Waals surface area contributed by atoms with Gasteiger partial charge in [0, 0.05) is 18.2 Å². The molecule has 1 aromatic rings. The number of aliphatic carboxylic acids is 1. The SMILES string of the molecule is CN(C)C(C(=O)O)C1CNc2ccccc21. The van der Waals surface area contributed by atoms with E-state index in [2.05, 4.69) is 5.32 Å². The second-order valence-electron chi connectivity index (χ2n) is 4.32.